The molecule has 0 aliphatic heterocycles. The van der Waals surface area contributed by atoms with Crippen LogP contribution in [0.25, 0.3) is 0 Å². The summed E-state index contributed by atoms with van der Waals surface area (Å²) in [6, 6.07) is 15.7. The minimum atomic E-state index is -0.705. The van der Waals surface area contributed by atoms with Crippen LogP contribution in [-0.4, -0.2) is 35.5 Å². The van der Waals surface area contributed by atoms with Crippen molar-refractivity contribution in [2.45, 2.75) is 12.5 Å². The van der Waals surface area contributed by atoms with Gasteiger partial charge in [0.25, 0.3) is 5.91 Å². The van der Waals surface area contributed by atoms with Gasteiger partial charge in [0.05, 0.1) is 6.61 Å². The Hall–Kier alpha value is -3.36. The molecule has 0 saturated carbocycles. The summed E-state index contributed by atoms with van der Waals surface area (Å²) in [5.74, 6) is -0.173. The van der Waals surface area contributed by atoms with E-state index in [9.17, 15) is 9.59 Å². The average Bonchev–Trinajstić information content (AvgIpc) is 2.72. The van der Waals surface area contributed by atoms with E-state index in [1.165, 1.54) is 11.6 Å². The summed E-state index contributed by atoms with van der Waals surface area (Å²) in [6.07, 6.45) is 1.45. The standard InChI is InChI=1S/C20H22N2O6/c23-12-13-27-17-9-4-6-15(14-17)18(10-5-11-19(24)22-26)28-20(25)21-16-7-2-1-3-8-16/h1-9,11,14,18,23,26H,10,12-13H2,(H,21,25)(H,22,24)/b11-5+/t18-/m1/s1. The number of nitrogens with one attached hydrogen (secondary N) is 2. The lowest BCUT2D eigenvalue weighted by Crippen LogP contribution is -2.18. The molecule has 2 aromatic rings. The molecule has 0 unspecified atom stereocenters. The zero-order chi connectivity index (χ0) is 20.2. The topological polar surface area (TPSA) is 117 Å². The van der Waals surface area contributed by atoms with Crippen molar-refractivity contribution in [1.82, 2.24) is 5.48 Å². The fourth-order valence-corrected chi connectivity index (χ4v) is 2.35. The maximum atomic E-state index is 12.3. The molecule has 4 N–H and O–H groups in total. The first-order chi connectivity index (χ1) is 13.6. The summed E-state index contributed by atoms with van der Waals surface area (Å²) in [5, 5.41) is 20.1. The highest BCUT2D eigenvalue weighted by atomic mass is 16.6. The van der Waals surface area contributed by atoms with Crippen molar-refractivity contribution in [2.75, 3.05) is 18.5 Å². The van der Waals surface area contributed by atoms with Gasteiger partial charge < -0.3 is 14.6 Å². The second kappa shape index (κ2) is 11.4. The molecular formula is C20H22N2O6. The van der Waals surface area contributed by atoms with Crippen LogP contribution in [0.4, 0.5) is 10.5 Å². The van der Waals surface area contributed by atoms with E-state index in [0.29, 0.717) is 17.0 Å². The Bertz CT molecular complexity index is 794. The first-order valence-electron chi connectivity index (χ1n) is 8.59. The molecule has 0 radical (unpaired) electrons. The predicted octanol–water partition coefficient (Wildman–Crippen LogP) is 2.80. The fourth-order valence-electron chi connectivity index (χ4n) is 2.35. The quantitative estimate of drug-likeness (QED) is 0.299. The van der Waals surface area contributed by atoms with E-state index in [4.69, 9.17) is 19.8 Å². The lowest BCUT2D eigenvalue weighted by Gasteiger charge is -2.18. The lowest BCUT2D eigenvalue weighted by molar-refractivity contribution is -0.124. The van der Waals surface area contributed by atoms with E-state index in [-0.39, 0.29) is 19.6 Å². The highest BCUT2D eigenvalue weighted by Gasteiger charge is 2.17. The molecule has 0 aliphatic carbocycles. The van der Waals surface area contributed by atoms with Crippen molar-refractivity contribution in [3.63, 3.8) is 0 Å². The molecule has 2 aromatic carbocycles. The monoisotopic (exact) mass is 386 g/mol. The molecule has 1 atom stereocenters. The molecular weight excluding hydrogens is 364 g/mol. The van der Waals surface area contributed by atoms with Gasteiger partial charge in [0.15, 0.2) is 0 Å². The van der Waals surface area contributed by atoms with Gasteiger partial charge in [-0.1, -0.05) is 36.4 Å². The van der Waals surface area contributed by atoms with E-state index in [1.54, 1.807) is 48.5 Å². The SMILES string of the molecule is O=C(/C=C/C[C@@H](OC(=O)Nc1ccccc1)c1cccc(OCCO)c1)NO. The van der Waals surface area contributed by atoms with Gasteiger partial charge in [-0.05, 0) is 29.8 Å². The molecule has 28 heavy (non-hydrogen) atoms. The van der Waals surface area contributed by atoms with Crippen LogP contribution in [0.1, 0.15) is 18.1 Å². The van der Waals surface area contributed by atoms with E-state index in [0.717, 1.165) is 6.08 Å². The van der Waals surface area contributed by atoms with Gasteiger partial charge in [0, 0.05) is 18.2 Å². The maximum Gasteiger partial charge on any atom is 0.412 e. The molecule has 8 heteroatoms. The van der Waals surface area contributed by atoms with Crippen molar-refractivity contribution >= 4 is 17.7 Å². The summed E-state index contributed by atoms with van der Waals surface area (Å²) in [7, 11) is 0. The number of aliphatic hydroxyl groups excluding tert-OH is 1. The smallest absolute Gasteiger partial charge is 0.412 e. The Labute approximate surface area is 162 Å². The van der Waals surface area contributed by atoms with Crippen LogP contribution < -0.4 is 15.5 Å². The molecule has 0 bridgehead atoms. The molecule has 0 aromatic heterocycles. The summed E-state index contributed by atoms with van der Waals surface area (Å²) in [4.78, 5) is 23.4. The number of anilines is 1. The van der Waals surface area contributed by atoms with Gasteiger partial charge >= 0.3 is 6.09 Å². The predicted molar refractivity (Wildman–Crippen MR) is 102 cm³/mol. The summed E-state index contributed by atoms with van der Waals surface area (Å²) in [6.45, 7) is 0.0166. The van der Waals surface area contributed by atoms with Crippen molar-refractivity contribution in [2.24, 2.45) is 0 Å². The molecule has 0 spiro atoms. The number of amides is 2. The number of hydrogen-bond acceptors (Lipinski definition) is 6. The molecule has 148 valence electrons. The Balaban J connectivity index is 2.13. The van der Waals surface area contributed by atoms with E-state index in [1.807, 2.05) is 6.07 Å². The van der Waals surface area contributed by atoms with Gasteiger partial charge in [-0.2, -0.15) is 0 Å². The molecule has 2 amide bonds. The third-order valence-corrected chi connectivity index (χ3v) is 3.59. The number of carbonyl (C=O) groups excluding carboxylic acids is 2. The first kappa shape index (κ1) is 20.9. The Morgan fingerprint density at radius 1 is 1.11 bits per heavy atom. The first-order valence-corrected chi connectivity index (χ1v) is 8.59. The molecule has 2 rings (SSSR count). The van der Waals surface area contributed by atoms with Crippen LogP contribution in [0.5, 0.6) is 5.75 Å². The molecule has 0 aliphatic rings. The van der Waals surface area contributed by atoms with Gasteiger partial charge in [-0.3, -0.25) is 15.3 Å². The van der Waals surface area contributed by atoms with Crippen LogP contribution in [0.3, 0.4) is 0 Å². The zero-order valence-corrected chi connectivity index (χ0v) is 15.1. The second-order valence-electron chi connectivity index (χ2n) is 5.64. The number of rotatable bonds is 9. The van der Waals surface area contributed by atoms with Crippen molar-refractivity contribution in [3.05, 3.63) is 72.3 Å². The summed E-state index contributed by atoms with van der Waals surface area (Å²) < 4.78 is 10.9. The Morgan fingerprint density at radius 3 is 2.61 bits per heavy atom. The van der Waals surface area contributed by atoms with Crippen LogP contribution in [0.2, 0.25) is 0 Å². The number of hydrogen-bond donors (Lipinski definition) is 4. The van der Waals surface area contributed by atoms with Gasteiger partial charge in [0.1, 0.15) is 18.5 Å². The summed E-state index contributed by atoms with van der Waals surface area (Å²) in [5.41, 5.74) is 2.73. The lowest BCUT2D eigenvalue weighted by atomic mass is 10.1. The second-order valence-corrected chi connectivity index (χ2v) is 5.64. The number of carbonyl (C=O) groups is 2. The number of para-hydroxylation sites is 1. The highest BCUT2D eigenvalue weighted by Crippen LogP contribution is 2.26. The molecule has 0 heterocycles. The number of ether oxygens (including phenoxy) is 2. The Morgan fingerprint density at radius 2 is 1.89 bits per heavy atom. The summed E-state index contributed by atoms with van der Waals surface area (Å²) >= 11 is 0. The molecule has 0 fully saturated rings. The largest absolute Gasteiger partial charge is 0.491 e. The van der Waals surface area contributed by atoms with Crippen LogP contribution >= 0.6 is 0 Å². The maximum absolute atomic E-state index is 12.3. The normalized spacial score (nSPS) is 11.6. The fraction of sp³-hybridized carbons (Fsp3) is 0.200. The zero-order valence-electron chi connectivity index (χ0n) is 15.1. The number of benzene rings is 2. The molecule has 8 nitrogen and oxygen atoms in total. The average molecular weight is 386 g/mol. The van der Waals surface area contributed by atoms with Crippen LogP contribution in [0.15, 0.2) is 66.7 Å². The van der Waals surface area contributed by atoms with Crippen molar-refractivity contribution in [1.29, 1.82) is 0 Å². The van der Waals surface area contributed by atoms with Crippen LogP contribution in [-0.2, 0) is 9.53 Å². The van der Waals surface area contributed by atoms with Gasteiger partial charge in [-0.25, -0.2) is 10.3 Å². The third kappa shape index (κ3) is 7.10. The highest BCUT2D eigenvalue weighted by molar-refractivity contribution is 5.86. The van der Waals surface area contributed by atoms with Crippen molar-refractivity contribution < 1.29 is 29.4 Å². The van der Waals surface area contributed by atoms with Crippen LogP contribution in [0, 0.1) is 0 Å². The third-order valence-electron chi connectivity index (χ3n) is 3.59. The van der Waals surface area contributed by atoms with Gasteiger partial charge in [0.2, 0.25) is 0 Å². The van der Waals surface area contributed by atoms with E-state index in [2.05, 4.69) is 5.32 Å². The van der Waals surface area contributed by atoms with E-state index >= 15 is 0 Å². The minimum absolute atomic E-state index is 0.122. The minimum Gasteiger partial charge on any atom is -0.491 e. The Kier molecular flexibility index (Phi) is 8.51. The number of aliphatic hydroxyl groups is 1. The molecule has 0 saturated heterocycles. The van der Waals surface area contributed by atoms with Crippen molar-refractivity contribution in [3.8, 4) is 5.75 Å². The van der Waals surface area contributed by atoms with Gasteiger partial charge in [-0.15, -0.1) is 0 Å². The number of hydroxylamine groups is 1. The van der Waals surface area contributed by atoms with E-state index < -0.39 is 18.1 Å².